The van der Waals surface area contributed by atoms with Crippen molar-refractivity contribution in [1.82, 2.24) is 0 Å². The fourth-order valence-corrected chi connectivity index (χ4v) is 1.93. The molecule has 0 aromatic carbocycles. The van der Waals surface area contributed by atoms with E-state index in [4.69, 9.17) is 0 Å². The van der Waals surface area contributed by atoms with E-state index in [1.165, 1.54) is 0 Å². The molecule has 0 bridgehead atoms. The van der Waals surface area contributed by atoms with Crippen molar-refractivity contribution in [3.05, 3.63) is 0 Å². The van der Waals surface area contributed by atoms with Crippen LogP contribution >= 0.6 is 0 Å². The number of carbonyl (C=O) groups excluding carboxylic acids is 1. The van der Waals surface area contributed by atoms with E-state index in [1.54, 1.807) is 6.92 Å². The van der Waals surface area contributed by atoms with Gasteiger partial charge in [-0.1, -0.05) is 19.8 Å². The smallest absolute Gasteiger partial charge is 0.156 e. The molecule has 0 N–H and O–H groups in total. The summed E-state index contributed by atoms with van der Waals surface area (Å²) >= 11 is 0. The highest BCUT2D eigenvalue weighted by atomic mass is 16.1. The van der Waals surface area contributed by atoms with Crippen LogP contribution in [0.25, 0.3) is 0 Å². The van der Waals surface area contributed by atoms with Gasteiger partial charge in [0.1, 0.15) is 0 Å². The summed E-state index contributed by atoms with van der Waals surface area (Å²) < 4.78 is 0. The summed E-state index contributed by atoms with van der Waals surface area (Å²) in [7, 11) is 0. The Labute approximate surface area is 74.5 Å². The number of Topliss-reactive ketones (excluding diaryl/α,β-unsaturated/α-hetero) is 1. The Kier molecular flexibility index (Phi) is 2.04. The molecule has 0 aromatic heterocycles. The maximum Gasteiger partial charge on any atom is 0.156 e. The molecule has 0 heterocycles. The third-order valence-corrected chi connectivity index (χ3v) is 2.77. The first-order chi connectivity index (χ1) is 5.42. The molecule has 0 aliphatic heterocycles. The molecular formula is C11H16O. The van der Waals surface area contributed by atoms with E-state index in [9.17, 15) is 4.79 Å². The second kappa shape index (κ2) is 2.62. The molecule has 1 aliphatic rings. The molecule has 1 unspecified atom stereocenters. The highest BCUT2D eigenvalue weighted by Crippen LogP contribution is 2.44. The van der Waals surface area contributed by atoms with E-state index in [0.717, 1.165) is 12.8 Å². The zero-order valence-corrected chi connectivity index (χ0v) is 8.32. The molecule has 1 atom stereocenters. The number of rotatable bonds is 0. The lowest BCUT2D eigenvalue weighted by molar-refractivity contribution is -0.129. The summed E-state index contributed by atoms with van der Waals surface area (Å²) in [5.41, 5.74) is -0.517. The number of hydrogen-bond acceptors (Lipinski definition) is 1. The van der Waals surface area contributed by atoms with Crippen molar-refractivity contribution in [3.8, 4) is 11.8 Å². The highest BCUT2D eigenvalue weighted by Gasteiger charge is 2.47. The topological polar surface area (TPSA) is 17.1 Å². The standard InChI is InChI=1S/C11H16O/c1-5-6-11(4)8-7-10(2,3)9(11)12/h7-8H2,1-4H3. The Bertz CT molecular complexity index is 264. The van der Waals surface area contributed by atoms with Gasteiger partial charge in [-0.15, -0.1) is 5.92 Å². The van der Waals surface area contributed by atoms with Crippen molar-refractivity contribution < 1.29 is 4.79 Å². The molecule has 1 nitrogen and oxygen atoms in total. The average molecular weight is 164 g/mol. The molecule has 12 heavy (non-hydrogen) atoms. The SMILES string of the molecule is CC#CC1(C)CCC(C)(C)C1=O. The first-order valence-corrected chi connectivity index (χ1v) is 4.41. The van der Waals surface area contributed by atoms with Crippen molar-refractivity contribution in [2.24, 2.45) is 10.8 Å². The van der Waals surface area contributed by atoms with E-state index in [1.807, 2.05) is 20.8 Å². The monoisotopic (exact) mass is 164 g/mol. The second-order valence-corrected chi connectivity index (χ2v) is 4.42. The van der Waals surface area contributed by atoms with Gasteiger partial charge in [0.2, 0.25) is 0 Å². The Morgan fingerprint density at radius 1 is 1.25 bits per heavy atom. The van der Waals surface area contributed by atoms with E-state index >= 15 is 0 Å². The summed E-state index contributed by atoms with van der Waals surface area (Å²) in [6, 6.07) is 0. The minimum atomic E-state index is -0.363. The lowest BCUT2D eigenvalue weighted by atomic mass is 9.82. The second-order valence-electron chi connectivity index (χ2n) is 4.42. The molecule has 0 saturated heterocycles. The van der Waals surface area contributed by atoms with Gasteiger partial charge in [0.05, 0.1) is 5.41 Å². The molecular weight excluding hydrogens is 148 g/mol. The van der Waals surface area contributed by atoms with E-state index < -0.39 is 0 Å². The van der Waals surface area contributed by atoms with Gasteiger partial charge in [-0.3, -0.25) is 4.79 Å². The molecule has 1 fully saturated rings. The third kappa shape index (κ3) is 1.27. The van der Waals surface area contributed by atoms with Gasteiger partial charge in [-0.25, -0.2) is 0 Å². The van der Waals surface area contributed by atoms with Crippen LogP contribution in [0.5, 0.6) is 0 Å². The van der Waals surface area contributed by atoms with Gasteiger partial charge < -0.3 is 0 Å². The van der Waals surface area contributed by atoms with Crippen molar-refractivity contribution in [1.29, 1.82) is 0 Å². The van der Waals surface area contributed by atoms with Crippen molar-refractivity contribution >= 4 is 5.78 Å². The predicted molar refractivity (Wildman–Crippen MR) is 49.6 cm³/mol. The molecule has 1 saturated carbocycles. The van der Waals surface area contributed by atoms with E-state index in [2.05, 4.69) is 11.8 Å². The van der Waals surface area contributed by atoms with Crippen LogP contribution in [0.2, 0.25) is 0 Å². The normalized spacial score (nSPS) is 32.8. The van der Waals surface area contributed by atoms with Gasteiger partial charge >= 0.3 is 0 Å². The lowest BCUT2D eigenvalue weighted by Crippen LogP contribution is -2.28. The average Bonchev–Trinajstić information content (AvgIpc) is 2.17. The molecule has 1 aliphatic carbocycles. The Balaban J connectivity index is 2.98. The van der Waals surface area contributed by atoms with E-state index in [0.29, 0.717) is 5.78 Å². The Morgan fingerprint density at radius 2 is 1.83 bits per heavy atom. The van der Waals surface area contributed by atoms with Crippen LogP contribution < -0.4 is 0 Å². The maximum atomic E-state index is 11.8. The first kappa shape index (κ1) is 9.32. The van der Waals surface area contributed by atoms with Crippen LogP contribution in [0.3, 0.4) is 0 Å². The highest BCUT2D eigenvalue weighted by molar-refractivity contribution is 5.94. The van der Waals surface area contributed by atoms with Crippen molar-refractivity contribution in [2.75, 3.05) is 0 Å². The molecule has 0 spiro atoms. The molecule has 1 heteroatoms. The minimum Gasteiger partial charge on any atom is -0.297 e. The lowest BCUT2D eigenvalue weighted by Gasteiger charge is -2.19. The quantitative estimate of drug-likeness (QED) is 0.502. The van der Waals surface area contributed by atoms with Crippen LogP contribution in [0.4, 0.5) is 0 Å². The van der Waals surface area contributed by atoms with Crippen LogP contribution in [0.15, 0.2) is 0 Å². The van der Waals surface area contributed by atoms with Gasteiger partial charge in [0.25, 0.3) is 0 Å². The summed E-state index contributed by atoms with van der Waals surface area (Å²) in [5.74, 6) is 6.18. The zero-order valence-electron chi connectivity index (χ0n) is 8.32. The maximum absolute atomic E-state index is 11.8. The Morgan fingerprint density at radius 3 is 2.17 bits per heavy atom. The largest absolute Gasteiger partial charge is 0.297 e. The molecule has 0 amide bonds. The molecule has 66 valence electrons. The van der Waals surface area contributed by atoms with E-state index in [-0.39, 0.29) is 10.8 Å². The van der Waals surface area contributed by atoms with Crippen LogP contribution in [0, 0.1) is 22.7 Å². The summed E-state index contributed by atoms with van der Waals surface area (Å²) in [5, 5.41) is 0. The number of hydrogen-bond donors (Lipinski definition) is 0. The molecule has 0 aromatic rings. The van der Waals surface area contributed by atoms with Gasteiger partial charge in [-0.05, 0) is 26.7 Å². The summed E-state index contributed by atoms with van der Waals surface area (Å²) in [6.45, 7) is 7.78. The third-order valence-electron chi connectivity index (χ3n) is 2.77. The van der Waals surface area contributed by atoms with Gasteiger partial charge in [0.15, 0.2) is 5.78 Å². The molecule has 0 radical (unpaired) electrons. The van der Waals surface area contributed by atoms with Gasteiger partial charge in [0, 0.05) is 5.41 Å². The van der Waals surface area contributed by atoms with Crippen LogP contribution in [0.1, 0.15) is 40.5 Å². The first-order valence-electron chi connectivity index (χ1n) is 4.41. The molecule has 1 rings (SSSR count). The zero-order chi connectivity index (χ0) is 9.41. The predicted octanol–water partition coefficient (Wildman–Crippen LogP) is 2.41. The van der Waals surface area contributed by atoms with Crippen molar-refractivity contribution in [2.45, 2.75) is 40.5 Å². The fraction of sp³-hybridized carbons (Fsp3) is 0.727. The Hall–Kier alpha value is -0.770. The van der Waals surface area contributed by atoms with Gasteiger partial charge in [-0.2, -0.15) is 0 Å². The van der Waals surface area contributed by atoms with Crippen LogP contribution in [-0.2, 0) is 4.79 Å². The minimum absolute atomic E-state index is 0.154. The summed E-state index contributed by atoms with van der Waals surface area (Å²) in [6.07, 6.45) is 1.89. The summed E-state index contributed by atoms with van der Waals surface area (Å²) in [4.78, 5) is 11.8. The van der Waals surface area contributed by atoms with Crippen molar-refractivity contribution in [3.63, 3.8) is 0 Å². The van der Waals surface area contributed by atoms with Crippen LogP contribution in [-0.4, -0.2) is 5.78 Å². The number of carbonyl (C=O) groups is 1. The fourth-order valence-electron chi connectivity index (χ4n) is 1.93. The number of ketones is 1.